The van der Waals surface area contributed by atoms with E-state index < -0.39 is 0 Å². The Bertz CT molecular complexity index is 3850. The molecule has 0 N–H and O–H groups in total. The molecule has 8 aromatic carbocycles. The Morgan fingerprint density at radius 1 is 0.270 bits per heavy atom. The molecule has 9 heteroatoms. The molecule has 0 saturated heterocycles. The average molecular weight is 825 g/mol. The molecule has 13 rings (SSSR count). The molecule has 294 valence electrons. The van der Waals surface area contributed by atoms with Gasteiger partial charge in [0.25, 0.3) is 0 Å². The molecular weight excluding hydrogens is 793 g/mol. The molecule has 0 fully saturated rings. The summed E-state index contributed by atoms with van der Waals surface area (Å²) >= 11 is 1.81. The largest absolute Gasteiger partial charge is 0.278 e. The Kier molecular flexibility index (Phi) is 7.91. The lowest BCUT2D eigenvalue weighted by Crippen LogP contribution is -2.07. The van der Waals surface area contributed by atoms with Crippen LogP contribution in [0, 0.1) is 0 Å². The van der Waals surface area contributed by atoms with Gasteiger partial charge in [0, 0.05) is 64.0 Å². The molecule has 0 atom stereocenters. The molecule has 5 aromatic heterocycles. The van der Waals surface area contributed by atoms with Gasteiger partial charge in [0.05, 0.1) is 22.1 Å². The molecular formula is C54H32N8S. The highest BCUT2D eigenvalue weighted by molar-refractivity contribution is 7.25. The number of aromatic nitrogens is 8. The molecule has 0 amide bonds. The van der Waals surface area contributed by atoms with Crippen LogP contribution in [0.5, 0.6) is 0 Å². The summed E-state index contributed by atoms with van der Waals surface area (Å²) < 4.78 is 6.82. The maximum atomic E-state index is 5.34. The van der Waals surface area contributed by atoms with Crippen molar-refractivity contribution >= 4 is 75.1 Å². The van der Waals surface area contributed by atoms with Crippen LogP contribution in [0.1, 0.15) is 0 Å². The highest BCUT2D eigenvalue weighted by Gasteiger charge is 2.22. The minimum atomic E-state index is 0.537. The van der Waals surface area contributed by atoms with E-state index in [1.165, 1.54) is 20.2 Å². The highest BCUT2D eigenvalue weighted by Crippen LogP contribution is 2.41. The Labute approximate surface area is 364 Å². The van der Waals surface area contributed by atoms with Gasteiger partial charge in [-0.15, -0.1) is 11.3 Å². The third kappa shape index (κ3) is 5.75. The first kappa shape index (κ1) is 35.4. The summed E-state index contributed by atoms with van der Waals surface area (Å²) in [5, 5.41) is 6.91. The third-order valence-corrected chi connectivity index (χ3v) is 13.0. The zero-order valence-electron chi connectivity index (χ0n) is 33.5. The van der Waals surface area contributed by atoms with Crippen LogP contribution in [-0.2, 0) is 0 Å². The Morgan fingerprint density at radius 3 is 1.25 bits per heavy atom. The second-order valence-electron chi connectivity index (χ2n) is 15.6. The first-order valence-corrected chi connectivity index (χ1v) is 21.6. The zero-order chi connectivity index (χ0) is 41.4. The van der Waals surface area contributed by atoms with Crippen LogP contribution in [0.3, 0.4) is 0 Å². The van der Waals surface area contributed by atoms with Gasteiger partial charge < -0.3 is 0 Å². The summed E-state index contributed by atoms with van der Waals surface area (Å²) in [6.45, 7) is 0. The van der Waals surface area contributed by atoms with E-state index in [1.807, 2.05) is 90.2 Å². The smallest absolute Gasteiger partial charge is 0.238 e. The maximum absolute atomic E-state index is 5.34. The molecule has 5 heterocycles. The fourth-order valence-corrected chi connectivity index (χ4v) is 10.1. The van der Waals surface area contributed by atoms with Crippen molar-refractivity contribution in [2.24, 2.45) is 0 Å². The number of para-hydroxylation sites is 2. The van der Waals surface area contributed by atoms with E-state index in [0.717, 1.165) is 65.9 Å². The summed E-state index contributed by atoms with van der Waals surface area (Å²) in [7, 11) is 0. The number of hydrogen-bond donors (Lipinski definition) is 0. The van der Waals surface area contributed by atoms with E-state index in [-0.39, 0.29) is 0 Å². The quantitative estimate of drug-likeness (QED) is 0.166. The van der Waals surface area contributed by atoms with E-state index in [1.54, 1.807) is 0 Å². The molecule has 13 aromatic rings. The Hall–Kier alpha value is -8.40. The molecule has 0 saturated carbocycles. The minimum absolute atomic E-state index is 0.537. The molecule has 0 bridgehead atoms. The van der Waals surface area contributed by atoms with Gasteiger partial charge in [-0.3, -0.25) is 9.13 Å². The van der Waals surface area contributed by atoms with Crippen LogP contribution in [0.25, 0.3) is 121 Å². The van der Waals surface area contributed by atoms with E-state index in [0.29, 0.717) is 35.2 Å². The van der Waals surface area contributed by atoms with Crippen LogP contribution in [-0.4, -0.2) is 39.0 Å². The number of hydrogen-bond acceptors (Lipinski definition) is 7. The van der Waals surface area contributed by atoms with Gasteiger partial charge in [0.2, 0.25) is 11.9 Å². The Morgan fingerprint density at radius 2 is 0.698 bits per heavy atom. The number of fused-ring (bicyclic) bond motifs is 9. The van der Waals surface area contributed by atoms with E-state index in [2.05, 4.69) is 124 Å². The molecule has 0 aliphatic heterocycles. The number of rotatable bonds is 6. The second kappa shape index (κ2) is 14.1. The zero-order valence-corrected chi connectivity index (χ0v) is 34.3. The molecule has 0 aliphatic rings. The van der Waals surface area contributed by atoms with Gasteiger partial charge in [-0.25, -0.2) is 9.97 Å². The Balaban J connectivity index is 1.04. The molecule has 8 nitrogen and oxygen atoms in total. The first-order chi connectivity index (χ1) is 31.2. The summed E-state index contributed by atoms with van der Waals surface area (Å²) in [4.78, 5) is 31.0. The topological polar surface area (TPSA) is 87.2 Å². The SMILES string of the molecule is c1ccc(-c2nc(-c3ccccc3)nc(-n3c4ccccc4c4cc(-c5nc(-c6ccccc6)nc(-n6c7ccccc7c7cc8c(cc76)sc6ccccc68)n5)ccc43)n2)cc1. The molecule has 0 spiro atoms. The van der Waals surface area contributed by atoms with E-state index in [4.69, 9.17) is 29.9 Å². The van der Waals surface area contributed by atoms with Gasteiger partial charge in [0.15, 0.2) is 23.3 Å². The number of nitrogens with zero attached hydrogens (tertiary/aromatic N) is 8. The standard InChI is InChI=1S/C54H32N8S/c1-4-16-33(17-5-1)49-55-50(34-18-6-2-7-19-34)58-53(57-49)61-43-25-13-10-22-37(43)40-30-36(28-29-45(40)61)52-56-51(35-20-8-3-9-21-35)59-54(60-52)62-44-26-14-11-23-38(44)41-31-42-39-24-12-15-27-47(39)63-48(42)32-46(41)62/h1-32H. The average Bonchev–Trinajstić information content (AvgIpc) is 4.00. The summed E-state index contributed by atoms with van der Waals surface area (Å²) in [6.07, 6.45) is 0. The van der Waals surface area contributed by atoms with Crippen LogP contribution in [0.2, 0.25) is 0 Å². The van der Waals surface area contributed by atoms with Gasteiger partial charge in [-0.2, -0.15) is 19.9 Å². The van der Waals surface area contributed by atoms with Crippen molar-refractivity contribution in [3.05, 3.63) is 194 Å². The summed E-state index contributed by atoms with van der Waals surface area (Å²) in [6, 6.07) is 66.9. The predicted octanol–water partition coefficient (Wildman–Crippen LogP) is 13.3. The highest BCUT2D eigenvalue weighted by atomic mass is 32.1. The van der Waals surface area contributed by atoms with Crippen molar-refractivity contribution in [1.82, 2.24) is 39.0 Å². The lowest BCUT2D eigenvalue weighted by molar-refractivity contribution is 0.952. The van der Waals surface area contributed by atoms with Gasteiger partial charge >= 0.3 is 0 Å². The van der Waals surface area contributed by atoms with Crippen molar-refractivity contribution in [3.8, 4) is 57.4 Å². The third-order valence-electron chi connectivity index (χ3n) is 11.8. The molecule has 0 unspecified atom stereocenters. The van der Waals surface area contributed by atoms with Crippen molar-refractivity contribution in [1.29, 1.82) is 0 Å². The van der Waals surface area contributed by atoms with E-state index >= 15 is 0 Å². The molecule has 63 heavy (non-hydrogen) atoms. The van der Waals surface area contributed by atoms with Crippen LogP contribution < -0.4 is 0 Å². The molecule has 0 radical (unpaired) electrons. The maximum Gasteiger partial charge on any atom is 0.238 e. The van der Waals surface area contributed by atoms with Crippen molar-refractivity contribution in [2.45, 2.75) is 0 Å². The van der Waals surface area contributed by atoms with Crippen molar-refractivity contribution in [3.63, 3.8) is 0 Å². The van der Waals surface area contributed by atoms with Crippen LogP contribution in [0.4, 0.5) is 0 Å². The second-order valence-corrected chi connectivity index (χ2v) is 16.6. The van der Waals surface area contributed by atoms with E-state index in [9.17, 15) is 0 Å². The molecule has 0 aliphatic carbocycles. The van der Waals surface area contributed by atoms with Crippen molar-refractivity contribution < 1.29 is 0 Å². The normalized spacial score (nSPS) is 11.8. The fraction of sp³-hybridized carbons (Fsp3) is 0. The lowest BCUT2D eigenvalue weighted by Gasteiger charge is -2.12. The predicted molar refractivity (Wildman–Crippen MR) is 257 cm³/mol. The van der Waals surface area contributed by atoms with Gasteiger partial charge in [-0.05, 0) is 48.5 Å². The minimum Gasteiger partial charge on any atom is -0.278 e. The van der Waals surface area contributed by atoms with Gasteiger partial charge in [0.1, 0.15) is 0 Å². The monoisotopic (exact) mass is 824 g/mol. The van der Waals surface area contributed by atoms with Crippen molar-refractivity contribution in [2.75, 3.05) is 0 Å². The fourth-order valence-electron chi connectivity index (χ4n) is 8.94. The van der Waals surface area contributed by atoms with Crippen LogP contribution >= 0.6 is 11.3 Å². The summed E-state index contributed by atoms with van der Waals surface area (Å²) in [5.41, 5.74) is 7.62. The van der Waals surface area contributed by atoms with Gasteiger partial charge in [-0.1, -0.05) is 146 Å². The summed E-state index contributed by atoms with van der Waals surface area (Å²) in [5.74, 6) is 3.47. The first-order valence-electron chi connectivity index (χ1n) is 20.8. The lowest BCUT2D eigenvalue weighted by atomic mass is 10.1. The number of benzene rings is 8. The van der Waals surface area contributed by atoms with Crippen LogP contribution in [0.15, 0.2) is 194 Å². The number of thiophene rings is 1.